The lowest BCUT2D eigenvalue weighted by Gasteiger charge is -2.17. The molecule has 0 fully saturated rings. The largest absolute Gasteiger partial charge is 0.482 e. The number of hydrogen-bond donors (Lipinski definition) is 1. The molecule has 0 aliphatic carbocycles. The zero-order valence-corrected chi connectivity index (χ0v) is 11.6. The van der Waals surface area contributed by atoms with E-state index in [1.165, 1.54) is 24.4 Å². The molecule has 1 atom stereocenters. The van der Waals surface area contributed by atoms with Crippen LogP contribution in [0.2, 0.25) is 0 Å². The number of rotatable bonds is 3. The van der Waals surface area contributed by atoms with Crippen LogP contribution in [0, 0.1) is 11.6 Å². The lowest BCUT2D eigenvalue weighted by Crippen LogP contribution is -2.09. The zero-order valence-electron chi connectivity index (χ0n) is 10.0. The number of nitrogen functional groups attached to an aromatic ring is 1. The number of ether oxygens (including phenoxy) is 1. The minimum Gasteiger partial charge on any atom is -0.482 e. The fourth-order valence-corrected chi connectivity index (χ4v) is 1.98. The molecule has 0 amide bonds. The average molecular weight is 329 g/mol. The predicted octanol–water partition coefficient (Wildman–Crippen LogP) is 3.84. The molecule has 0 saturated carbocycles. The van der Waals surface area contributed by atoms with Crippen molar-refractivity contribution in [2.75, 3.05) is 5.73 Å². The van der Waals surface area contributed by atoms with Crippen molar-refractivity contribution in [3.05, 3.63) is 52.1 Å². The first kappa shape index (κ1) is 13.7. The van der Waals surface area contributed by atoms with Gasteiger partial charge >= 0.3 is 0 Å². The van der Waals surface area contributed by atoms with Crippen LogP contribution < -0.4 is 10.5 Å². The van der Waals surface area contributed by atoms with Gasteiger partial charge < -0.3 is 10.5 Å². The highest BCUT2D eigenvalue weighted by Crippen LogP contribution is 2.30. The van der Waals surface area contributed by atoms with Crippen LogP contribution in [-0.4, -0.2) is 4.98 Å². The highest BCUT2D eigenvalue weighted by Gasteiger charge is 2.18. The molecule has 1 heterocycles. The minimum absolute atomic E-state index is 0.137. The van der Waals surface area contributed by atoms with Gasteiger partial charge in [-0.15, -0.1) is 0 Å². The molecule has 1 aromatic carbocycles. The molecule has 3 nitrogen and oxygen atoms in total. The Balaban J connectivity index is 2.31. The zero-order chi connectivity index (χ0) is 14.0. The Morgan fingerprint density at radius 1 is 1.32 bits per heavy atom. The van der Waals surface area contributed by atoms with Crippen LogP contribution in [-0.2, 0) is 0 Å². The quantitative estimate of drug-likeness (QED) is 0.931. The molecule has 0 aliphatic heterocycles. The maximum absolute atomic E-state index is 13.6. The molecule has 0 aliphatic rings. The molecular weight excluding hydrogens is 318 g/mol. The molecule has 19 heavy (non-hydrogen) atoms. The van der Waals surface area contributed by atoms with Gasteiger partial charge in [0.2, 0.25) is 0 Å². The summed E-state index contributed by atoms with van der Waals surface area (Å²) in [4.78, 5) is 3.89. The molecule has 0 bridgehead atoms. The van der Waals surface area contributed by atoms with Crippen molar-refractivity contribution in [3.63, 3.8) is 0 Å². The lowest BCUT2D eigenvalue weighted by molar-refractivity contribution is 0.216. The Kier molecular flexibility index (Phi) is 3.99. The second-order valence-electron chi connectivity index (χ2n) is 3.93. The van der Waals surface area contributed by atoms with E-state index in [2.05, 4.69) is 20.9 Å². The predicted molar refractivity (Wildman–Crippen MR) is 71.8 cm³/mol. The Hall–Kier alpha value is -1.69. The van der Waals surface area contributed by atoms with Crippen molar-refractivity contribution in [2.45, 2.75) is 13.0 Å². The van der Waals surface area contributed by atoms with E-state index in [0.717, 1.165) is 0 Å². The van der Waals surface area contributed by atoms with E-state index in [0.29, 0.717) is 4.47 Å². The third kappa shape index (κ3) is 3.01. The number of nitrogens with two attached hydrogens (primary N) is 1. The summed E-state index contributed by atoms with van der Waals surface area (Å²) in [6.07, 6.45) is 0.691. The first-order valence-electron chi connectivity index (χ1n) is 5.50. The molecule has 0 spiro atoms. The Labute approximate surface area is 117 Å². The standard InChI is InChI=1S/C13H11BrF2N2O/c1-7(12-9(15)3-2-4-10(12)16)19-11-5-8(14)6-18-13(11)17/h2-7H,1H3,(H2,17,18)/t7-/m0/s1. The van der Waals surface area contributed by atoms with E-state index in [1.807, 2.05) is 0 Å². The minimum atomic E-state index is -0.820. The summed E-state index contributed by atoms with van der Waals surface area (Å²) in [7, 11) is 0. The van der Waals surface area contributed by atoms with Crippen LogP contribution in [0.3, 0.4) is 0 Å². The number of hydrogen-bond acceptors (Lipinski definition) is 3. The number of pyridine rings is 1. The topological polar surface area (TPSA) is 48.1 Å². The summed E-state index contributed by atoms with van der Waals surface area (Å²) in [5.74, 6) is -0.889. The van der Waals surface area contributed by atoms with E-state index in [4.69, 9.17) is 10.5 Å². The molecule has 0 saturated heterocycles. The third-order valence-electron chi connectivity index (χ3n) is 2.56. The van der Waals surface area contributed by atoms with Crippen molar-refractivity contribution < 1.29 is 13.5 Å². The van der Waals surface area contributed by atoms with Gasteiger partial charge in [0.1, 0.15) is 17.7 Å². The lowest BCUT2D eigenvalue weighted by atomic mass is 10.1. The number of anilines is 1. The van der Waals surface area contributed by atoms with Crippen LogP contribution in [0.15, 0.2) is 34.9 Å². The summed E-state index contributed by atoms with van der Waals surface area (Å²) in [6.45, 7) is 1.54. The molecule has 2 rings (SSSR count). The Morgan fingerprint density at radius 3 is 2.58 bits per heavy atom. The number of aromatic nitrogens is 1. The summed E-state index contributed by atoms with van der Waals surface area (Å²) < 4.78 is 33.4. The van der Waals surface area contributed by atoms with Crippen LogP contribution in [0.1, 0.15) is 18.6 Å². The maximum atomic E-state index is 13.6. The smallest absolute Gasteiger partial charge is 0.166 e. The van der Waals surface area contributed by atoms with Crippen LogP contribution in [0.25, 0.3) is 0 Å². The van der Waals surface area contributed by atoms with Crippen molar-refractivity contribution >= 4 is 21.7 Å². The second kappa shape index (κ2) is 5.52. The highest BCUT2D eigenvalue weighted by atomic mass is 79.9. The SMILES string of the molecule is C[C@H](Oc1cc(Br)cnc1N)c1c(F)cccc1F. The van der Waals surface area contributed by atoms with E-state index in [9.17, 15) is 8.78 Å². The van der Waals surface area contributed by atoms with Crippen molar-refractivity contribution in [3.8, 4) is 5.75 Å². The van der Waals surface area contributed by atoms with Gasteiger partial charge in [0.25, 0.3) is 0 Å². The van der Waals surface area contributed by atoms with Gasteiger partial charge in [-0.05, 0) is 41.1 Å². The van der Waals surface area contributed by atoms with Crippen LogP contribution >= 0.6 is 15.9 Å². The monoisotopic (exact) mass is 328 g/mol. The van der Waals surface area contributed by atoms with Gasteiger partial charge in [-0.3, -0.25) is 0 Å². The maximum Gasteiger partial charge on any atom is 0.166 e. The van der Waals surface area contributed by atoms with Gasteiger partial charge in [-0.2, -0.15) is 0 Å². The molecule has 1 aromatic heterocycles. The molecule has 100 valence electrons. The van der Waals surface area contributed by atoms with E-state index in [-0.39, 0.29) is 17.1 Å². The molecular formula is C13H11BrF2N2O. The average Bonchev–Trinajstić information content (AvgIpc) is 2.33. The molecule has 2 N–H and O–H groups in total. The molecule has 0 unspecified atom stereocenters. The van der Waals surface area contributed by atoms with Gasteiger partial charge in [0, 0.05) is 10.7 Å². The normalized spacial score (nSPS) is 12.2. The van der Waals surface area contributed by atoms with Crippen molar-refractivity contribution in [1.29, 1.82) is 0 Å². The molecule has 2 aromatic rings. The second-order valence-corrected chi connectivity index (χ2v) is 4.85. The van der Waals surface area contributed by atoms with Crippen molar-refractivity contribution in [2.24, 2.45) is 0 Å². The van der Waals surface area contributed by atoms with Crippen molar-refractivity contribution in [1.82, 2.24) is 4.98 Å². The number of benzene rings is 1. The van der Waals surface area contributed by atoms with Crippen LogP contribution in [0.4, 0.5) is 14.6 Å². The fraction of sp³-hybridized carbons (Fsp3) is 0.154. The summed E-state index contributed by atoms with van der Waals surface area (Å²) in [6, 6.07) is 5.26. The van der Waals surface area contributed by atoms with Crippen LogP contribution in [0.5, 0.6) is 5.75 Å². The number of nitrogens with zero attached hydrogens (tertiary/aromatic N) is 1. The van der Waals surface area contributed by atoms with Gasteiger partial charge in [-0.1, -0.05) is 6.07 Å². The molecule has 6 heteroatoms. The van der Waals surface area contributed by atoms with E-state index in [1.54, 1.807) is 13.0 Å². The first-order valence-corrected chi connectivity index (χ1v) is 6.30. The third-order valence-corrected chi connectivity index (χ3v) is 2.99. The van der Waals surface area contributed by atoms with Gasteiger partial charge in [-0.25, -0.2) is 13.8 Å². The molecule has 0 radical (unpaired) electrons. The Morgan fingerprint density at radius 2 is 1.95 bits per heavy atom. The van der Waals surface area contributed by atoms with Gasteiger partial charge in [0.15, 0.2) is 11.6 Å². The van der Waals surface area contributed by atoms with E-state index >= 15 is 0 Å². The first-order chi connectivity index (χ1) is 8.99. The summed E-state index contributed by atoms with van der Waals surface area (Å²) >= 11 is 3.23. The highest BCUT2D eigenvalue weighted by molar-refractivity contribution is 9.10. The number of halogens is 3. The summed E-state index contributed by atoms with van der Waals surface area (Å²) in [5, 5.41) is 0. The summed E-state index contributed by atoms with van der Waals surface area (Å²) in [5.41, 5.74) is 5.51. The Bertz CT molecular complexity index is 587. The fourth-order valence-electron chi connectivity index (χ4n) is 1.67. The van der Waals surface area contributed by atoms with Gasteiger partial charge in [0.05, 0.1) is 5.56 Å². The van der Waals surface area contributed by atoms with E-state index < -0.39 is 17.7 Å².